The zero-order valence-electron chi connectivity index (χ0n) is 18.2. The van der Waals surface area contributed by atoms with E-state index in [1.54, 1.807) is 0 Å². The molecule has 2 heterocycles. The van der Waals surface area contributed by atoms with Gasteiger partial charge in [0.05, 0.1) is 13.2 Å². The first kappa shape index (κ1) is 22.3. The van der Waals surface area contributed by atoms with Gasteiger partial charge in [-0.25, -0.2) is 4.39 Å². The molecule has 0 atom stereocenters. The molecule has 2 fully saturated rings. The lowest BCUT2D eigenvalue weighted by Gasteiger charge is -2.32. The molecule has 7 heteroatoms. The van der Waals surface area contributed by atoms with Gasteiger partial charge < -0.3 is 19.3 Å². The van der Waals surface area contributed by atoms with E-state index < -0.39 is 0 Å². The van der Waals surface area contributed by atoms with Gasteiger partial charge in [-0.1, -0.05) is 12.1 Å². The van der Waals surface area contributed by atoms with E-state index in [2.05, 4.69) is 0 Å². The van der Waals surface area contributed by atoms with Gasteiger partial charge in [0.25, 0.3) is 11.8 Å². The molecule has 170 valence electrons. The fourth-order valence-corrected chi connectivity index (χ4v) is 4.22. The number of ether oxygens (including phenoxy) is 2. The Balaban J connectivity index is 1.21. The maximum Gasteiger partial charge on any atom is 0.260 e. The lowest BCUT2D eigenvalue weighted by molar-refractivity contribution is -0.134. The molecule has 0 saturated carbocycles. The van der Waals surface area contributed by atoms with Gasteiger partial charge >= 0.3 is 0 Å². The Morgan fingerprint density at radius 1 is 0.906 bits per heavy atom. The molecule has 2 aromatic rings. The van der Waals surface area contributed by atoms with Crippen molar-refractivity contribution in [2.24, 2.45) is 5.92 Å². The molecule has 2 aromatic carbocycles. The summed E-state index contributed by atoms with van der Waals surface area (Å²) in [5.41, 5.74) is 1.94. The minimum absolute atomic E-state index is 0.0328. The summed E-state index contributed by atoms with van der Waals surface area (Å²) in [6.07, 6.45) is 2.83. The number of benzene rings is 2. The number of nitrogens with zero attached hydrogens (tertiary/aromatic N) is 2. The zero-order valence-corrected chi connectivity index (χ0v) is 18.2. The van der Waals surface area contributed by atoms with Crippen LogP contribution in [-0.4, -0.2) is 67.6 Å². The van der Waals surface area contributed by atoms with Crippen LogP contribution in [0.3, 0.4) is 0 Å². The molecule has 0 radical (unpaired) electrons. The largest absolute Gasteiger partial charge is 0.484 e. The lowest BCUT2D eigenvalue weighted by Crippen LogP contribution is -2.41. The first-order valence-electron chi connectivity index (χ1n) is 11.2. The van der Waals surface area contributed by atoms with Crippen LogP contribution in [-0.2, 0) is 16.0 Å². The Kier molecular flexibility index (Phi) is 7.37. The Labute approximate surface area is 187 Å². The lowest BCUT2D eigenvalue weighted by atomic mass is 9.90. The maximum absolute atomic E-state index is 12.9. The molecule has 32 heavy (non-hydrogen) atoms. The Hall–Kier alpha value is -2.93. The Morgan fingerprint density at radius 3 is 2.22 bits per heavy atom. The number of morpholine rings is 1. The number of hydrogen-bond donors (Lipinski definition) is 0. The highest BCUT2D eigenvalue weighted by molar-refractivity contribution is 5.94. The topological polar surface area (TPSA) is 59.1 Å². The molecular formula is C25H29FN2O4. The third-order valence-electron chi connectivity index (χ3n) is 6.17. The SMILES string of the molecule is O=C(COc1ccc(F)cc1)N1CCC(Cc2ccc(C(=O)N3CCOCC3)cc2)CC1. The summed E-state index contributed by atoms with van der Waals surface area (Å²) in [6.45, 7) is 3.88. The fourth-order valence-electron chi connectivity index (χ4n) is 4.22. The van der Waals surface area contributed by atoms with Gasteiger partial charge in [0.1, 0.15) is 11.6 Å². The van der Waals surface area contributed by atoms with E-state index in [4.69, 9.17) is 9.47 Å². The van der Waals surface area contributed by atoms with E-state index in [1.165, 1.54) is 29.8 Å². The molecule has 2 aliphatic heterocycles. The number of carbonyl (C=O) groups excluding carboxylic acids is 2. The highest BCUT2D eigenvalue weighted by atomic mass is 19.1. The average molecular weight is 441 g/mol. The highest BCUT2D eigenvalue weighted by Crippen LogP contribution is 2.22. The third-order valence-corrected chi connectivity index (χ3v) is 6.17. The fraction of sp³-hybridized carbons (Fsp3) is 0.440. The number of piperidine rings is 1. The average Bonchev–Trinajstić information content (AvgIpc) is 2.84. The first-order valence-corrected chi connectivity index (χ1v) is 11.2. The number of likely N-dealkylation sites (tertiary alicyclic amines) is 1. The van der Waals surface area contributed by atoms with Crippen LogP contribution in [0.15, 0.2) is 48.5 Å². The maximum atomic E-state index is 12.9. The van der Waals surface area contributed by atoms with Crippen LogP contribution in [0.4, 0.5) is 4.39 Å². The van der Waals surface area contributed by atoms with Crippen molar-refractivity contribution in [1.29, 1.82) is 0 Å². The first-order chi connectivity index (χ1) is 15.6. The third kappa shape index (κ3) is 5.85. The van der Waals surface area contributed by atoms with E-state index in [-0.39, 0.29) is 24.2 Å². The van der Waals surface area contributed by atoms with Crippen LogP contribution in [0, 0.1) is 11.7 Å². The quantitative estimate of drug-likeness (QED) is 0.693. The van der Waals surface area contributed by atoms with Crippen LogP contribution >= 0.6 is 0 Å². The van der Waals surface area contributed by atoms with E-state index in [0.717, 1.165) is 24.8 Å². The van der Waals surface area contributed by atoms with Crippen LogP contribution in [0.2, 0.25) is 0 Å². The van der Waals surface area contributed by atoms with Crippen molar-refractivity contribution in [3.05, 3.63) is 65.5 Å². The predicted octanol–water partition coefficient (Wildman–Crippen LogP) is 3.16. The molecule has 0 bridgehead atoms. The van der Waals surface area contributed by atoms with Gasteiger partial charge in [0, 0.05) is 31.7 Å². The molecule has 2 saturated heterocycles. The second kappa shape index (κ2) is 10.6. The second-order valence-electron chi connectivity index (χ2n) is 8.37. The van der Waals surface area contributed by atoms with Gasteiger partial charge in [0.15, 0.2) is 6.61 Å². The summed E-state index contributed by atoms with van der Waals surface area (Å²) in [4.78, 5) is 28.7. The standard InChI is InChI=1S/C25H29FN2O4/c26-22-5-7-23(8-6-22)32-18-24(29)27-11-9-20(10-12-27)17-19-1-3-21(4-2-19)25(30)28-13-15-31-16-14-28/h1-8,20H,9-18H2. The molecule has 0 N–H and O–H groups in total. The minimum Gasteiger partial charge on any atom is -0.484 e. The monoisotopic (exact) mass is 440 g/mol. The summed E-state index contributed by atoms with van der Waals surface area (Å²) in [6, 6.07) is 13.6. The van der Waals surface area contributed by atoms with Gasteiger partial charge in [-0.3, -0.25) is 9.59 Å². The Bertz CT molecular complexity index is 903. The molecule has 0 spiro atoms. The molecule has 0 aliphatic carbocycles. The van der Waals surface area contributed by atoms with Crippen molar-refractivity contribution in [1.82, 2.24) is 9.80 Å². The van der Waals surface area contributed by atoms with Crippen LogP contribution in [0.25, 0.3) is 0 Å². The minimum atomic E-state index is -0.330. The highest BCUT2D eigenvalue weighted by Gasteiger charge is 2.24. The van der Waals surface area contributed by atoms with E-state index >= 15 is 0 Å². The number of carbonyl (C=O) groups is 2. The summed E-state index contributed by atoms with van der Waals surface area (Å²) in [5, 5.41) is 0. The van der Waals surface area contributed by atoms with Gasteiger partial charge in [-0.05, 0) is 67.1 Å². The summed E-state index contributed by atoms with van der Waals surface area (Å²) >= 11 is 0. The van der Waals surface area contributed by atoms with Crippen molar-refractivity contribution in [3.8, 4) is 5.75 Å². The molecule has 0 aromatic heterocycles. The van der Waals surface area contributed by atoms with Crippen molar-refractivity contribution in [2.45, 2.75) is 19.3 Å². The van der Waals surface area contributed by atoms with E-state index in [9.17, 15) is 14.0 Å². The number of rotatable bonds is 6. The van der Waals surface area contributed by atoms with Gasteiger partial charge in [-0.15, -0.1) is 0 Å². The molecule has 0 unspecified atom stereocenters. The van der Waals surface area contributed by atoms with Crippen molar-refractivity contribution in [2.75, 3.05) is 46.0 Å². The smallest absolute Gasteiger partial charge is 0.260 e. The van der Waals surface area contributed by atoms with Crippen LogP contribution in [0.5, 0.6) is 5.75 Å². The van der Waals surface area contributed by atoms with Crippen LogP contribution < -0.4 is 4.74 Å². The van der Waals surface area contributed by atoms with E-state index in [1.807, 2.05) is 34.1 Å². The molecule has 2 amide bonds. The van der Waals surface area contributed by atoms with Gasteiger partial charge in [0.2, 0.25) is 0 Å². The molecule has 2 aliphatic rings. The number of amides is 2. The van der Waals surface area contributed by atoms with Gasteiger partial charge in [-0.2, -0.15) is 0 Å². The normalized spacial score (nSPS) is 17.3. The summed E-state index contributed by atoms with van der Waals surface area (Å²) in [5.74, 6) is 0.695. The van der Waals surface area contributed by atoms with Crippen molar-refractivity contribution < 1.29 is 23.5 Å². The molecular weight excluding hydrogens is 411 g/mol. The van der Waals surface area contributed by atoms with E-state index in [0.29, 0.717) is 51.1 Å². The molecule has 6 nitrogen and oxygen atoms in total. The summed E-state index contributed by atoms with van der Waals surface area (Å²) in [7, 11) is 0. The second-order valence-corrected chi connectivity index (χ2v) is 8.37. The number of hydrogen-bond acceptors (Lipinski definition) is 4. The van der Waals surface area contributed by atoms with Crippen molar-refractivity contribution in [3.63, 3.8) is 0 Å². The summed E-state index contributed by atoms with van der Waals surface area (Å²) < 4.78 is 23.7. The number of halogens is 1. The predicted molar refractivity (Wildman–Crippen MR) is 118 cm³/mol. The zero-order chi connectivity index (χ0) is 22.3. The molecule has 4 rings (SSSR count). The Morgan fingerprint density at radius 2 is 1.56 bits per heavy atom. The van der Waals surface area contributed by atoms with Crippen molar-refractivity contribution >= 4 is 11.8 Å². The van der Waals surface area contributed by atoms with Crippen LogP contribution in [0.1, 0.15) is 28.8 Å².